The first kappa shape index (κ1) is 20.2. The summed E-state index contributed by atoms with van der Waals surface area (Å²) < 4.78 is 17.2. The Hall–Kier alpha value is -4.13. The van der Waals surface area contributed by atoms with Gasteiger partial charge >= 0.3 is 0 Å². The smallest absolute Gasteiger partial charge is 0.269 e. The number of ketones is 1. The molecule has 0 fully saturated rings. The molecule has 1 aliphatic rings. The molecule has 0 amide bonds. The van der Waals surface area contributed by atoms with Gasteiger partial charge in [-0.05, 0) is 48.9 Å². The van der Waals surface area contributed by atoms with Crippen LogP contribution >= 0.6 is 0 Å². The van der Waals surface area contributed by atoms with Crippen molar-refractivity contribution in [3.63, 3.8) is 0 Å². The molecule has 0 radical (unpaired) electrons. The highest BCUT2D eigenvalue weighted by molar-refractivity contribution is 6.15. The Morgan fingerprint density at radius 3 is 2.48 bits per heavy atom. The minimum absolute atomic E-state index is 0.0169. The molecule has 1 aliphatic heterocycles. The third-order valence-corrected chi connectivity index (χ3v) is 5.01. The molecule has 4 rings (SSSR count). The van der Waals surface area contributed by atoms with E-state index in [4.69, 9.17) is 14.2 Å². The van der Waals surface area contributed by atoms with Crippen LogP contribution in [-0.2, 0) is 6.61 Å². The fourth-order valence-corrected chi connectivity index (χ4v) is 3.35. The van der Waals surface area contributed by atoms with E-state index < -0.39 is 4.92 Å². The Morgan fingerprint density at radius 2 is 1.77 bits per heavy atom. The molecular weight excluding hydrogens is 398 g/mol. The number of allylic oxidation sites excluding steroid dienone is 1. The van der Waals surface area contributed by atoms with Gasteiger partial charge in [0.05, 0.1) is 17.6 Å². The van der Waals surface area contributed by atoms with Crippen LogP contribution < -0.4 is 14.2 Å². The van der Waals surface area contributed by atoms with E-state index in [0.717, 1.165) is 11.3 Å². The fraction of sp³-hybridized carbons (Fsp3) is 0.125. The number of methoxy groups -OCH3 is 1. The summed E-state index contributed by atoms with van der Waals surface area (Å²) in [6, 6.07) is 16.9. The SMILES string of the molecule is COc1ccccc1COc1ccc2c(c1C)O/C(=C\c1ccc([N+](=O)[O-])cc1)C2=O. The van der Waals surface area contributed by atoms with Crippen LogP contribution in [0.5, 0.6) is 17.2 Å². The second-order valence-corrected chi connectivity index (χ2v) is 6.95. The van der Waals surface area contributed by atoms with Crippen molar-refractivity contribution in [2.45, 2.75) is 13.5 Å². The number of carbonyl (C=O) groups is 1. The lowest BCUT2D eigenvalue weighted by Crippen LogP contribution is -2.00. The Bertz CT molecular complexity index is 1200. The van der Waals surface area contributed by atoms with E-state index in [2.05, 4.69) is 0 Å². The van der Waals surface area contributed by atoms with Crippen molar-refractivity contribution in [2.24, 2.45) is 0 Å². The number of para-hydroxylation sites is 1. The van der Waals surface area contributed by atoms with Crippen LogP contribution in [0.4, 0.5) is 5.69 Å². The summed E-state index contributed by atoms with van der Waals surface area (Å²) in [7, 11) is 1.61. The number of benzene rings is 3. The second-order valence-electron chi connectivity index (χ2n) is 6.95. The normalized spacial score (nSPS) is 13.6. The fourth-order valence-electron chi connectivity index (χ4n) is 3.35. The van der Waals surface area contributed by atoms with Gasteiger partial charge in [-0.2, -0.15) is 0 Å². The number of nitro groups is 1. The van der Waals surface area contributed by atoms with Gasteiger partial charge in [-0.25, -0.2) is 0 Å². The molecule has 0 unspecified atom stereocenters. The molecule has 7 nitrogen and oxygen atoms in total. The first-order valence-corrected chi connectivity index (χ1v) is 9.55. The van der Waals surface area contributed by atoms with Crippen molar-refractivity contribution in [1.82, 2.24) is 0 Å². The Morgan fingerprint density at radius 1 is 1.03 bits per heavy atom. The molecule has 0 saturated carbocycles. The molecule has 0 aromatic heterocycles. The average Bonchev–Trinajstić information content (AvgIpc) is 3.10. The molecule has 0 bridgehead atoms. The van der Waals surface area contributed by atoms with Crippen LogP contribution in [0.1, 0.15) is 27.0 Å². The third kappa shape index (κ3) is 3.98. The lowest BCUT2D eigenvalue weighted by Gasteiger charge is -2.13. The monoisotopic (exact) mass is 417 g/mol. The second kappa shape index (κ2) is 8.31. The topological polar surface area (TPSA) is 87.9 Å². The Labute approximate surface area is 178 Å². The number of ether oxygens (including phenoxy) is 3. The van der Waals surface area contributed by atoms with E-state index in [9.17, 15) is 14.9 Å². The third-order valence-electron chi connectivity index (χ3n) is 5.01. The first-order valence-electron chi connectivity index (χ1n) is 9.55. The van der Waals surface area contributed by atoms with Gasteiger partial charge in [-0.1, -0.05) is 18.2 Å². The molecule has 7 heteroatoms. The van der Waals surface area contributed by atoms with Crippen molar-refractivity contribution < 1.29 is 23.9 Å². The Kier molecular flexibility index (Phi) is 5.41. The summed E-state index contributed by atoms with van der Waals surface area (Å²) in [5.41, 5.74) is 2.69. The number of hydrogen-bond donors (Lipinski definition) is 0. The molecule has 1 heterocycles. The maximum atomic E-state index is 12.7. The highest BCUT2D eigenvalue weighted by Gasteiger charge is 2.30. The van der Waals surface area contributed by atoms with Crippen LogP contribution in [0.15, 0.2) is 66.4 Å². The van der Waals surface area contributed by atoms with Crippen molar-refractivity contribution in [3.8, 4) is 17.2 Å². The predicted molar refractivity (Wildman–Crippen MR) is 115 cm³/mol. The molecule has 0 atom stereocenters. The van der Waals surface area contributed by atoms with Crippen LogP contribution in [-0.4, -0.2) is 17.8 Å². The van der Waals surface area contributed by atoms with Crippen LogP contribution in [0, 0.1) is 17.0 Å². The number of Topliss-reactive ketones (excluding diaryl/α,β-unsaturated/α-hetero) is 1. The van der Waals surface area contributed by atoms with E-state index in [1.165, 1.54) is 12.1 Å². The van der Waals surface area contributed by atoms with Gasteiger partial charge in [-0.3, -0.25) is 14.9 Å². The standard InChI is InChI=1S/C24H19NO6/c1-15-20(30-14-17-5-3-4-6-21(17)29-2)12-11-19-23(26)22(31-24(15)19)13-16-7-9-18(10-8-16)25(27)28/h3-13H,14H2,1-2H3/b22-13-. The lowest BCUT2D eigenvalue weighted by molar-refractivity contribution is -0.384. The van der Waals surface area contributed by atoms with Crippen LogP contribution in [0.3, 0.4) is 0 Å². The van der Waals surface area contributed by atoms with E-state index in [1.54, 1.807) is 37.5 Å². The average molecular weight is 417 g/mol. The molecule has 156 valence electrons. The number of fused-ring (bicyclic) bond motifs is 1. The number of hydrogen-bond acceptors (Lipinski definition) is 6. The van der Waals surface area contributed by atoms with Gasteiger partial charge in [0, 0.05) is 23.3 Å². The van der Waals surface area contributed by atoms with Gasteiger partial charge in [0.15, 0.2) is 5.76 Å². The zero-order chi connectivity index (χ0) is 22.0. The number of carbonyl (C=O) groups excluding carboxylic acids is 1. The van der Waals surface area contributed by atoms with Crippen molar-refractivity contribution >= 4 is 17.5 Å². The van der Waals surface area contributed by atoms with Crippen LogP contribution in [0.25, 0.3) is 6.08 Å². The zero-order valence-electron chi connectivity index (χ0n) is 17.0. The molecule has 0 spiro atoms. The summed E-state index contributed by atoms with van der Waals surface area (Å²) in [5.74, 6) is 1.72. The summed E-state index contributed by atoms with van der Waals surface area (Å²) in [5, 5.41) is 10.8. The van der Waals surface area contributed by atoms with Gasteiger partial charge < -0.3 is 14.2 Å². The minimum Gasteiger partial charge on any atom is -0.496 e. The highest BCUT2D eigenvalue weighted by Crippen LogP contribution is 2.39. The summed E-state index contributed by atoms with van der Waals surface area (Å²) in [6.07, 6.45) is 1.57. The molecule has 0 aliphatic carbocycles. The number of nitro benzene ring substituents is 1. The molecular formula is C24H19NO6. The van der Waals surface area contributed by atoms with Gasteiger partial charge in [-0.15, -0.1) is 0 Å². The Balaban J connectivity index is 1.55. The molecule has 3 aromatic carbocycles. The van der Waals surface area contributed by atoms with E-state index in [-0.39, 0.29) is 17.2 Å². The molecule has 31 heavy (non-hydrogen) atoms. The van der Waals surface area contributed by atoms with E-state index >= 15 is 0 Å². The summed E-state index contributed by atoms with van der Waals surface area (Å²) >= 11 is 0. The quantitative estimate of drug-likeness (QED) is 0.315. The minimum atomic E-state index is -0.472. The molecule has 0 N–H and O–H groups in total. The maximum Gasteiger partial charge on any atom is 0.269 e. The predicted octanol–water partition coefficient (Wildman–Crippen LogP) is 5.11. The zero-order valence-corrected chi connectivity index (χ0v) is 17.0. The van der Waals surface area contributed by atoms with Crippen LogP contribution in [0.2, 0.25) is 0 Å². The van der Waals surface area contributed by atoms with Gasteiger partial charge in [0.1, 0.15) is 23.9 Å². The first-order chi connectivity index (χ1) is 15.0. The largest absolute Gasteiger partial charge is 0.496 e. The number of nitrogens with zero attached hydrogens (tertiary/aromatic N) is 1. The van der Waals surface area contributed by atoms with Crippen molar-refractivity contribution in [2.75, 3.05) is 7.11 Å². The van der Waals surface area contributed by atoms with Gasteiger partial charge in [0.2, 0.25) is 5.78 Å². The number of rotatable bonds is 6. The van der Waals surface area contributed by atoms with Gasteiger partial charge in [0.25, 0.3) is 5.69 Å². The number of non-ortho nitro benzene ring substituents is 1. The maximum absolute atomic E-state index is 12.7. The summed E-state index contributed by atoms with van der Waals surface area (Å²) in [6.45, 7) is 2.14. The summed E-state index contributed by atoms with van der Waals surface area (Å²) in [4.78, 5) is 23.1. The molecule has 0 saturated heterocycles. The van der Waals surface area contributed by atoms with E-state index in [0.29, 0.717) is 34.8 Å². The molecule has 3 aromatic rings. The highest BCUT2D eigenvalue weighted by atomic mass is 16.6. The van der Waals surface area contributed by atoms with E-state index in [1.807, 2.05) is 31.2 Å². The van der Waals surface area contributed by atoms with Crippen molar-refractivity contribution in [1.29, 1.82) is 0 Å². The van der Waals surface area contributed by atoms with Crippen molar-refractivity contribution in [3.05, 3.63) is 98.8 Å². The lowest BCUT2D eigenvalue weighted by atomic mass is 10.1.